The molecule has 8 heteroatoms. The number of carbonyl (C=O) groups is 1. The van der Waals surface area contributed by atoms with E-state index in [1.807, 2.05) is 29.7 Å². The zero-order valence-corrected chi connectivity index (χ0v) is 14.7. The molecular weight excluding hydrogens is 358 g/mol. The minimum atomic E-state index is -0.209. The number of nitrogens with one attached hydrogen (secondary N) is 2. The van der Waals surface area contributed by atoms with E-state index in [1.54, 1.807) is 24.3 Å². The van der Waals surface area contributed by atoms with E-state index in [0.717, 1.165) is 10.2 Å². The lowest BCUT2D eigenvalue weighted by atomic mass is 10.2. The third-order valence-corrected chi connectivity index (χ3v) is 4.72. The van der Waals surface area contributed by atoms with Crippen LogP contribution < -0.4 is 15.5 Å². The van der Waals surface area contributed by atoms with Gasteiger partial charge in [0.1, 0.15) is 17.3 Å². The third-order valence-electron chi connectivity index (χ3n) is 3.36. The monoisotopic (exact) mass is 373 g/mol. The van der Waals surface area contributed by atoms with Crippen LogP contribution in [-0.2, 0) is 0 Å². The van der Waals surface area contributed by atoms with E-state index >= 15 is 0 Å². The molecule has 0 unspecified atom stereocenters. The highest BCUT2D eigenvalue weighted by Crippen LogP contribution is 2.21. The topological polar surface area (TPSA) is 83.5 Å². The molecule has 1 amide bonds. The predicted molar refractivity (Wildman–Crippen MR) is 101 cm³/mol. The Morgan fingerprint density at radius 3 is 2.68 bits per heavy atom. The number of nitrogens with zero attached hydrogens (tertiary/aromatic N) is 1. The van der Waals surface area contributed by atoms with Crippen LogP contribution >= 0.6 is 23.6 Å². The van der Waals surface area contributed by atoms with Crippen molar-refractivity contribution in [3.63, 3.8) is 0 Å². The highest BCUT2D eigenvalue weighted by atomic mass is 32.1. The van der Waals surface area contributed by atoms with Gasteiger partial charge in [-0.15, -0.1) is 11.3 Å². The molecule has 3 aromatic rings. The zero-order valence-electron chi connectivity index (χ0n) is 13.1. The summed E-state index contributed by atoms with van der Waals surface area (Å²) in [5.41, 5.74) is 3.44. The van der Waals surface area contributed by atoms with Crippen LogP contribution in [0.25, 0.3) is 10.2 Å². The van der Waals surface area contributed by atoms with Gasteiger partial charge in [0.2, 0.25) is 0 Å². The van der Waals surface area contributed by atoms with Gasteiger partial charge in [0.15, 0.2) is 5.01 Å². The van der Waals surface area contributed by atoms with Crippen LogP contribution in [0.4, 0.5) is 0 Å². The number of aromatic nitrogens is 1. The molecule has 0 aliphatic rings. The van der Waals surface area contributed by atoms with Gasteiger partial charge in [-0.3, -0.25) is 15.5 Å². The average Bonchev–Trinajstić information content (AvgIpc) is 3.09. The van der Waals surface area contributed by atoms with Crippen molar-refractivity contribution in [3.8, 4) is 5.75 Å². The first-order chi connectivity index (χ1) is 12.2. The summed E-state index contributed by atoms with van der Waals surface area (Å²) in [6.45, 7) is 0.700. The van der Waals surface area contributed by atoms with Crippen LogP contribution in [0.2, 0.25) is 0 Å². The predicted octanol–water partition coefficient (Wildman–Crippen LogP) is 2.76. The normalized spacial score (nSPS) is 10.4. The Morgan fingerprint density at radius 1 is 1.20 bits per heavy atom. The first-order valence-electron chi connectivity index (χ1n) is 7.48. The molecule has 1 aromatic heterocycles. The van der Waals surface area contributed by atoms with E-state index in [9.17, 15) is 4.79 Å². The maximum atomic E-state index is 12.1. The molecule has 128 valence electrons. The fraction of sp³-hybridized carbons (Fsp3) is 0.118. The number of fused-ring (bicyclic) bond motifs is 1. The lowest BCUT2D eigenvalue weighted by Crippen LogP contribution is -2.27. The van der Waals surface area contributed by atoms with Gasteiger partial charge in [0.05, 0.1) is 16.8 Å². The number of hydrogen-bond donors (Lipinski definition) is 3. The summed E-state index contributed by atoms with van der Waals surface area (Å²) in [6.07, 6.45) is 0. The number of benzene rings is 2. The fourth-order valence-electron chi connectivity index (χ4n) is 2.15. The molecular formula is C17H15N3O3S2. The van der Waals surface area contributed by atoms with Gasteiger partial charge >= 0.3 is 0 Å². The molecule has 2 aromatic carbocycles. The van der Waals surface area contributed by atoms with Crippen molar-refractivity contribution in [2.75, 3.05) is 13.2 Å². The number of hydroxylamine groups is 1. The molecule has 0 aliphatic carbocycles. The molecule has 0 saturated heterocycles. The summed E-state index contributed by atoms with van der Waals surface area (Å²) in [5.74, 6) is 0.443. The molecule has 0 saturated carbocycles. The number of para-hydroxylation sites is 1. The Hall–Kier alpha value is -2.55. The molecule has 1 heterocycles. The summed E-state index contributed by atoms with van der Waals surface area (Å²) < 4.78 is 6.55. The summed E-state index contributed by atoms with van der Waals surface area (Å²) in [5, 5.41) is 12.0. The van der Waals surface area contributed by atoms with Gasteiger partial charge in [-0.25, -0.2) is 4.98 Å². The van der Waals surface area contributed by atoms with Crippen molar-refractivity contribution >= 4 is 44.7 Å². The van der Waals surface area contributed by atoms with Crippen LogP contribution in [0, 0.1) is 0 Å². The second-order valence-corrected chi connectivity index (χ2v) is 6.50. The van der Waals surface area contributed by atoms with Gasteiger partial charge < -0.3 is 10.1 Å². The third kappa shape index (κ3) is 4.30. The van der Waals surface area contributed by atoms with Crippen molar-refractivity contribution in [3.05, 3.63) is 59.1 Å². The number of amides is 1. The van der Waals surface area contributed by atoms with E-state index in [-0.39, 0.29) is 10.9 Å². The van der Waals surface area contributed by atoms with E-state index in [2.05, 4.69) is 10.3 Å². The van der Waals surface area contributed by atoms with Crippen LogP contribution in [-0.4, -0.2) is 34.2 Å². The Kier molecular flexibility index (Phi) is 5.54. The molecule has 0 fully saturated rings. The van der Waals surface area contributed by atoms with E-state index in [4.69, 9.17) is 22.2 Å². The summed E-state index contributed by atoms with van der Waals surface area (Å²) in [4.78, 5) is 16.7. The number of carbonyl (C=O) groups excluding carboxylic acids is 1. The lowest BCUT2D eigenvalue weighted by Gasteiger charge is -2.08. The Morgan fingerprint density at radius 2 is 1.96 bits per heavy atom. The quantitative estimate of drug-likeness (QED) is 0.350. The highest BCUT2D eigenvalue weighted by Gasteiger charge is 2.11. The molecule has 25 heavy (non-hydrogen) atoms. The Labute approximate surface area is 153 Å². The van der Waals surface area contributed by atoms with Crippen molar-refractivity contribution in [1.29, 1.82) is 0 Å². The van der Waals surface area contributed by atoms with Crippen LogP contribution in [0.1, 0.15) is 15.4 Å². The number of ether oxygens (including phenoxy) is 1. The van der Waals surface area contributed by atoms with Crippen molar-refractivity contribution < 1.29 is 14.7 Å². The second kappa shape index (κ2) is 8.02. The summed E-state index contributed by atoms with van der Waals surface area (Å²) >= 11 is 6.28. The molecule has 3 rings (SSSR count). The number of thiazole rings is 1. The summed E-state index contributed by atoms with van der Waals surface area (Å²) in [6, 6.07) is 14.6. The zero-order chi connectivity index (χ0) is 17.6. The number of rotatable bonds is 6. The van der Waals surface area contributed by atoms with Crippen LogP contribution in [0.5, 0.6) is 5.75 Å². The highest BCUT2D eigenvalue weighted by molar-refractivity contribution is 7.80. The summed E-state index contributed by atoms with van der Waals surface area (Å²) in [7, 11) is 0. The van der Waals surface area contributed by atoms with Gasteiger partial charge in [-0.2, -0.15) is 0 Å². The van der Waals surface area contributed by atoms with Crippen LogP contribution in [0.3, 0.4) is 0 Å². The standard InChI is InChI=1S/C17H15N3O3S2/c21-15(17-19-13-3-1-2-4-14(13)25-17)18-9-10-23-12-7-5-11(6-8-12)16(24)20-22/h1-8,22H,9-10H2,(H,18,21)(H,20,24). The fourth-order valence-corrected chi connectivity index (χ4v) is 3.16. The number of thiocarbonyl (C=S) groups is 1. The maximum absolute atomic E-state index is 12.1. The van der Waals surface area contributed by atoms with Crippen LogP contribution in [0.15, 0.2) is 48.5 Å². The molecule has 0 atom stereocenters. The van der Waals surface area contributed by atoms with Crippen molar-refractivity contribution in [2.24, 2.45) is 0 Å². The van der Waals surface area contributed by atoms with Crippen molar-refractivity contribution in [2.45, 2.75) is 0 Å². The molecule has 0 spiro atoms. The first-order valence-corrected chi connectivity index (χ1v) is 8.71. The second-order valence-electron chi connectivity index (χ2n) is 5.06. The largest absolute Gasteiger partial charge is 0.492 e. The maximum Gasteiger partial charge on any atom is 0.280 e. The minimum absolute atomic E-state index is 0.209. The van der Waals surface area contributed by atoms with E-state index in [0.29, 0.717) is 29.5 Å². The molecule has 6 nitrogen and oxygen atoms in total. The minimum Gasteiger partial charge on any atom is -0.492 e. The SMILES string of the molecule is O=C(NCCOc1ccc(C(=S)NO)cc1)c1nc2ccccc2s1. The Bertz CT molecular complexity index is 861. The van der Waals surface area contributed by atoms with E-state index < -0.39 is 0 Å². The first kappa shape index (κ1) is 17.3. The van der Waals surface area contributed by atoms with Gasteiger partial charge in [-0.05, 0) is 36.4 Å². The lowest BCUT2D eigenvalue weighted by molar-refractivity contribution is 0.0947. The molecule has 0 aliphatic heterocycles. The Balaban J connectivity index is 1.47. The molecule has 0 radical (unpaired) electrons. The van der Waals surface area contributed by atoms with Gasteiger partial charge in [0.25, 0.3) is 5.91 Å². The van der Waals surface area contributed by atoms with Gasteiger partial charge in [-0.1, -0.05) is 24.4 Å². The van der Waals surface area contributed by atoms with Crippen molar-refractivity contribution in [1.82, 2.24) is 15.8 Å². The molecule has 0 bridgehead atoms. The number of hydrogen-bond acceptors (Lipinski definition) is 6. The van der Waals surface area contributed by atoms with Gasteiger partial charge in [0, 0.05) is 5.56 Å². The van der Waals surface area contributed by atoms with E-state index in [1.165, 1.54) is 11.3 Å². The molecule has 3 N–H and O–H groups in total. The average molecular weight is 373 g/mol. The smallest absolute Gasteiger partial charge is 0.280 e.